The summed E-state index contributed by atoms with van der Waals surface area (Å²) in [5.74, 6) is -0.486. The van der Waals surface area contributed by atoms with Crippen LogP contribution in [0, 0.1) is 11.3 Å². The first-order valence-electron chi connectivity index (χ1n) is 6.42. The molecule has 1 aliphatic rings. The van der Waals surface area contributed by atoms with Gasteiger partial charge >= 0.3 is 5.97 Å². The Hall–Kier alpha value is -0.570. The van der Waals surface area contributed by atoms with Crippen LogP contribution in [0.1, 0.15) is 47.0 Å². The topological polar surface area (TPSA) is 40.5 Å². The fourth-order valence-electron chi connectivity index (χ4n) is 2.90. The molecule has 3 heteroatoms. The van der Waals surface area contributed by atoms with Gasteiger partial charge in [-0.15, -0.1) is 0 Å². The Morgan fingerprint density at radius 2 is 1.94 bits per heavy atom. The van der Waals surface area contributed by atoms with Crippen molar-refractivity contribution in [3.05, 3.63) is 0 Å². The molecule has 1 aliphatic heterocycles. The molecule has 16 heavy (non-hydrogen) atoms. The van der Waals surface area contributed by atoms with Gasteiger partial charge in [0.25, 0.3) is 0 Å². The smallest absolute Gasteiger partial charge is 0.321 e. The molecule has 0 amide bonds. The molecule has 0 aromatic rings. The van der Waals surface area contributed by atoms with Crippen LogP contribution >= 0.6 is 0 Å². The van der Waals surface area contributed by atoms with Crippen LogP contribution < -0.4 is 0 Å². The third-order valence-electron chi connectivity index (χ3n) is 4.25. The second-order valence-electron chi connectivity index (χ2n) is 5.45. The van der Waals surface area contributed by atoms with E-state index in [4.69, 9.17) is 0 Å². The Kier molecular flexibility index (Phi) is 4.36. The first-order chi connectivity index (χ1) is 7.45. The molecule has 3 nitrogen and oxygen atoms in total. The van der Waals surface area contributed by atoms with E-state index in [9.17, 15) is 9.90 Å². The van der Waals surface area contributed by atoms with Gasteiger partial charge in [-0.1, -0.05) is 27.7 Å². The van der Waals surface area contributed by atoms with Gasteiger partial charge in [-0.3, -0.25) is 9.69 Å². The monoisotopic (exact) mass is 227 g/mol. The lowest BCUT2D eigenvalue weighted by molar-refractivity contribution is -0.144. The molecule has 0 aromatic carbocycles. The zero-order valence-electron chi connectivity index (χ0n) is 11.0. The van der Waals surface area contributed by atoms with Gasteiger partial charge in [-0.25, -0.2) is 0 Å². The molecular formula is C13H25NO2. The SMILES string of the molecule is CCC1(CC)CCN(C(C(=O)O)C(C)C)C1. The maximum absolute atomic E-state index is 11.3. The summed E-state index contributed by atoms with van der Waals surface area (Å²) < 4.78 is 0. The van der Waals surface area contributed by atoms with E-state index >= 15 is 0 Å². The minimum atomic E-state index is -0.669. The van der Waals surface area contributed by atoms with Crippen LogP contribution in [0.15, 0.2) is 0 Å². The molecule has 0 saturated carbocycles. The molecule has 0 spiro atoms. The van der Waals surface area contributed by atoms with Crippen LogP contribution in [-0.2, 0) is 4.79 Å². The fourth-order valence-corrected chi connectivity index (χ4v) is 2.90. The summed E-state index contributed by atoms with van der Waals surface area (Å²) in [4.78, 5) is 13.4. The normalized spacial score (nSPS) is 22.6. The molecule has 0 radical (unpaired) electrons. The molecule has 1 fully saturated rings. The summed E-state index contributed by atoms with van der Waals surface area (Å²) in [5, 5.41) is 9.28. The van der Waals surface area contributed by atoms with Crippen molar-refractivity contribution in [1.29, 1.82) is 0 Å². The molecule has 94 valence electrons. The zero-order valence-corrected chi connectivity index (χ0v) is 11.0. The van der Waals surface area contributed by atoms with Gasteiger partial charge in [0.05, 0.1) is 0 Å². The Balaban J connectivity index is 2.73. The van der Waals surface area contributed by atoms with Crippen molar-refractivity contribution in [3.63, 3.8) is 0 Å². The standard InChI is InChI=1S/C13H25NO2/c1-5-13(6-2)7-8-14(9-13)11(10(3)4)12(15)16/h10-11H,5-9H2,1-4H3,(H,15,16). The summed E-state index contributed by atoms with van der Waals surface area (Å²) >= 11 is 0. The van der Waals surface area contributed by atoms with Crippen LogP contribution in [0.3, 0.4) is 0 Å². The Labute approximate surface area is 98.8 Å². The van der Waals surface area contributed by atoms with Crippen molar-refractivity contribution in [2.45, 2.75) is 53.0 Å². The quantitative estimate of drug-likeness (QED) is 0.785. The van der Waals surface area contributed by atoms with Crippen molar-refractivity contribution in [2.24, 2.45) is 11.3 Å². The van der Waals surface area contributed by atoms with Crippen molar-refractivity contribution >= 4 is 5.97 Å². The molecule has 1 atom stereocenters. The Bertz CT molecular complexity index is 246. The van der Waals surface area contributed by atoms with Crippen molar-refractivity contribution in [3.8, 4) is 0 Å². The molecule has 1 unspecified atom stereocenters. The summed E-state index contributed by atoms with van der Waals surface area (Å²) in [7, 11) is 0. The number of rotatable bonds is 5. The minimum Gasteiger partial charge on any atom is -0.480 e. The van der Waals surface area contributed by atoms with E-state index in [1.54, 1.807) is 0 Å². The molecule has 0 aliphatic carbocycles. The second kappa shape index (κ2) is 5.17. The molecule has 1 saturated heterocycles. The van der Waals surface area contributed by atoms with E-state index in [1.807, 2.05) is 13.8 Å². The van der Waals surface area contributed by atoms with Crippen LogP contribution in [-0.4, -0.2) is 35.1 Å². The molecule has 1 N–H and O–H groups in total. The first-order valence-corrected chi connectivity index (χ1v) is 6.42. The number of nitrogens with zero attached hydrogens (tertiary/aromatic N) is 1. The highest BCUT2D eigenvalue weighted by molar-refractivity contribution is 5.73. The highest BCUT2D eigenvalue weighted by atomic mass is 16.4. The summed E-state index contributed by atoms with van der Waals surface area (Å²) in [6.45, 7) is 10.3. The number of carbonyl (C=O) groups is 1. The maximum atomic E-state index is 11.3. The summed E-state index contributed by atoms with van der Waals surface area (Å²) in [6, 6.07) is -0.306. The first kappa shape index (κ1) is 13.5. The molecule has 0 bridgehead atoms. The van der Waals surface area contributed by atoms with Gasteiger partial charge in [0, 0.05) is 6.54 Å². The average Bonchev–Trinajstić information content (AvgIpc) is 2.62. The summed E-state index contributed by atoms with van der Waals surface area (Å²) in [6.07, 6.45) is 3.46. The van der Waals surface area contributed by atoms with E-state index < -0.39 is 5.97 Å². The number of hydrogen-bond donors (Lipinski definition) is 1. The Morgan fingerprint density at radius 3 is 2.25 bits per heavy atom. The fraction of sp³-hybridized carbons (Fsp3) is 0.923. The molecule has 0 aromatic heterocycles. The maximum Gasteiger partial charge on any atom is 0.321 e. The van der Waals surface area contributed by atoms with Crippen molar-refractivity contribution in [2.75, 3.05) is 13.1 Å². The van der Waals surface area contributed by atoms with E-state index in [1.165, 1.54) is 0 Å². The van der Waals surface area contributed by atoms with E-state index in [-0.39, 0.29) is 12.0 Å². The lowest BCUT2D eigenvalue weighted by atomic mass is 9.82. The molecular weight excluding hydrogens is 202 g/mol. The van der Waals surface area contributed by atoms with Crippen molar-refractivity contribution in [1.82, 2.24) is 4.90 Å². The van der Waals surface area contributed by atoms with Gasteiger partial charge in [-0.05, 0) is 37.1 Å². The minimum absolute atomic E-state index is 0.182. The highest BCUT2D eigenvalue weighted by Crippen LogP contribution is 2.38. The molecule has 1 heterocycles. The van der Waals surface area contributed by atoms with E-state index in [2.05, 4.69) is 18.7 Å². The van der Waals surface area contributed by atoms with E-state index in [0.717, 1.165) is 32.4 Å². The largest absolute Gasteiger partial charge is 0.480 e. The average molecular weight is 227 g/mol. The lowest BCUT2D eigenvalue weighted by Crippen LogP contribution is -2.44. The number of carboxylic acids is 1. The number of likely N-dealkylation sites (tertiary alicyclic amines) is 1. The lowest BCUT2D eigenvalue weighted by Gasteiger charge is -2.31. The summed E-state index contributed by atoms with van der Waals surface area (Å²) in [5.41, 5.74) is 0.364. The number of hydrogen-bond acceptors (Lipinski definition) is 2. The van der Waals surface area contributed by atoms with Crippen LogP contribution in [0.2, 0.25) is 0 Å². The predicted octanol–water partition coefficient (Wildman–Crippen LogP) is 2.61. The van der Waals surface area contributed by atoms with Gasteiger partial charge < -0.3 is 5.11 Å². The third kappa shape index (κ3) is 2.57. The van der Waals surface area contributed by atoms with Gasteiger partial charge in [0.15, 0.2) is 0 Å². The highest BCUT2D eigenvalue weighted by Gasteiger charge is 2.40. The Morgan fingerprint density at radius 1 is 1.38 bits per heavy atom. The number of carboxylic acid groups (broad SMARTS) is 1. The number of aliphatic carboxylic acids is 1. The predicted molar refractivity (Wildman–Crippen MR) is 65.5 cm³/mol. The van der Waals surface area contributed by atoms with Crippen LogP contribution in [0.5, 0.6) is 0 Å². The molecule has 1 rings (SSSR count). The van der Waals surface area contributed by atoms with Gasteiger partial charge in [0.1, 0.15) is 6.04 Å². The van der Waals surface area contributed by atoms with Gasteiger partial charge in [-0.2, -0.15) is 0 Å². The second-order valence-corrected chi connectivity index (χ2v) is 5.45. The van der Waals surface area contributed by atoms with Crippen LogP contribution in [0.4, 0.5) is 0 Å². The third-order valence-corrected chi connectivity index (χ3v) is 4.25. The van der Waals surface area contributed by atoms with Crippen LogP contribution in [0.25, 0.3) is 0 Å². The van der Waals surface area contributed by atoms with Crippen molar-refractivity contribution < 1.29 is 9.90 Å². The van der Waals surface area contributed by atoms with E-state index in [0.29, 0.717) is 5.41 Å². The zero-order chi connectivity index (χ0) is 12.3. The van der Waals surface area contributed by atoms with Gasteiger partial charge in [0.2, 0.25) is 0 Å².